The number of carboxylic acid groups (broad SMARTS) is 1. The Morgan fingerprint density at radius 3 is 2.26 bits per heavy atom. The van der Waals surface area contributed by atoms with E-state index >= 15 is 0 Å². The standard InChI is InChI=1S/C33H34F4N6O9S2/c34-14-27(44)28(45)17-52-22-7-3-19(4-8-22)12-26(30(46)39-25(31(47)48)11-18-1-5-20(6-2-18)33(35,36)37)43-15-21(41-42-43)16-51-23-9-10-24-29(13-23)53-32(40-24)54(38,49)50/h1-10,13,21,25-28,44-45H,11-12,14-17H2,(H,39,46)(H,47,48)(H2,38,49,50)/t21?,25?,26?,27-,28-/m0/s1. The number of amides is 1. The number of alkyl halides is 4. The number of hydrogen-bond acceptors (Lipinski definition) is 13. The number of carbonyl (C=O) groups is 2. The molecular weight excluding hydrogens is 765 g/mol. The number of benzene rings is 3. The second kappa shape index (κ2) is 17.0. The van der Waals surface area contributed by atoms with Gasteiger partial charge in [0.05, 0.1) is 22.3 Å². The SMILES string of the molecule is NS(=O)(=O)c1nc2ccc(OCC3CN(C(Cc4ccc(OC[C@H](O)[C@@H](O)CF)cc4)C(=O)NC(Cc4ccc(C(F)(F)F)cc4)C(=O)O)N=N3)cc2s1. The molecule has 290 valence electrons. The summed E-state index contributed by atoms with van der Waals surface area (Å²) in [5, 5.41) is 46.5. The summed E-state index contributed by atoms with van der Waals surface area (Å²) in [4.78, 5) is 30.0. The van der Waals surface area contributed by atoms with Gasteiger partial charge in [0.1, 0.15) is 61.7 Å². The molecule has 15 nitrogen and oxygen atoms in total. The molecule has 1 aliphatic heterocycles. The third-order valence-corrected chi connectivity index (χ3v) is 10.5. The zero-order valence-corrected chi connectivity index (χ0v) is 29.6. The maximum atomic E-state index is 13.8. The first-order valence-corrected chi connectivity index (χ1v) is 18.4. The lowest BCUT2D eigenvalue weighted by Gasteiger charge is -2.27. The van der Waals surface area contributed by atoms with Crippen LogP contribution in [-0.2, 0) is 38.6 Å². The summed E-state index contributed by atoms with van der Waals surface area (Å²) in [6.07, 6.45) is -8.01. The maximum Gasteiger partial charge on any atom is 0.416 e. The number of sulfonamides is 1. The highest BCUT2D eigenvalue weighted by Gasteiger charge is 2.35. The van der Waals surface area contributed by atoms with E-state index in [1.807, 2.05) is 0 Å². The number of carboxylic acids is 1. The number of carbonyl (C=O) groups excluding carboxylic acids is 1. The molecule has 0 spiro atoms. The molecule has 5 atom stereocenters. The fraction of sp³-hybridized carbons (Fsp3) is 0.364. The predicted molar refractivity (Wildman–Crippen MR) is 184 cm³/mol. The number of aliphatic carboxylic acids is 1. The molecular formula is C33H34F4N6O9S2. The number of aromatic nitrogens is 1. The van der Waals surface area contributed by atoms with Crippen LogP contribution in [0.4, 0.5) is 17.6 Å². The van der Waals surface area contributed by atoms with Gasteiger partial charge < -0.3 is 30.1 Å². The van der Waals surface area contributed by atoms with E-state index in [1.54, 1.807) is 30.3 Å². The van der Waals surface area contributed by atoms with Gasteiger partial charge in [-0.1, -0.05) is 29.5 Å². The van der Waals surface area contributed by atoms with Crippen LogP contribution in [0.5, 0.6) is 11.5 Å². The van der Waals surface area contributed by atoms with Crippen LogP contribution in [0, 0.1) is 0 Å². The molecule has 0 radical (unpaired) electrons. The molecule has 2 heterocycles. The highest BCUT2D eigenvalue weighted by Crippen LogP contribution is 2.30. The van der Waals surface area contributed by atoms with E-state index < -0.39 is 77.3 Å². The summed E-state index contributed by atoms with van der Waals surface area (Å²) < 4.78 is 86.7. The first kappa shape index (κ1) is 40.2. The van der Waals surface area contributed by atoms with Crippen LogP contribution in [0.25, 0.3) is 10.2 Å². The zero-order valence-electron chi connectivity index (χ0n) is 28.0. The van der Waals surface area contributed by atoms with Gasteiger partial charge in [0, 0.05) is 12.8 Å². The summed E-state index contributed by atoms with van der Waals surface area (Å²) in [5.41, 5.74) is 0.295. The summed E-state index contributed by atoms with van der Waals surface area (Å²) >= 11 is 0.872. The van der Waals surface area contributed by atoms with Crippen molar-refractivity contribution in [3.63, 3.8) is 0 Å². The van der Waals surface area contributed by atoms with Crippen LogP contribution in [0.15, 0.2) is 81.4 Å². The van der Waals surface area contributed by atoms with Crippen LogP contribution in [0.1, 0.15) is 16.7 Å². The van der Waals surface area contributed by atoms with Crippen molar-refractivity contribution in [2.24, 2.45) is 15.5 Å². The Morgan fingerprint density at radius 1 is 0.981 bits per heavy atom. The Bertz CT molecular complexity index is 2070. The minimum Gasteiger partial charge on any atom is -0.491 e. The van der Waals surface area contributed by atoms with Crippen molar-refractivity contribution >= 4 is 43.5 Å². The fourth-order valence-corrected chi connectivity index (χ4v) is 6.88. The minimum absolute atomic E-state index is 0.0125. The summed E-state index contributed by atoms with van der Waals surface area (Å²) in [5.74, 6) is -1.55. The predicted octanol–water partition coefficient (Wildman–Crippen LogP) is 2.89. The number of nitrogens with one attached hydrogen (secondary N) is 1. The normalized spacial score (nSPS) is 16.9. The number of halogens is 4. The highest BCUT2D eigenvalue weighted by molar-refractivity contribution is 7.91. The van der Waals surface area contributed by atoms with E-state index in [-0.39, 0.29) is 41.6 Å². The molecule has 54 heavy (non-hydrogen) atoms. The number of aliphatic hydroxyl groups excluding tert-OH is 2. The molecule has 4 aromatic rings. The molecule has 6 N–H and O–H groups in total. The third-order valence-electron chi connectivity index (χ3n) is 8.13. The zero-order chi connectivity index (χ0) is 39.2. The van der Waals surface area contributed by atoms with E-state index in [9.17, 15) is 50.9 Å². The van der Waals surface area contributed by atoms with Crippen molar-refractivity contribution in [3.05, 3.63) is 83.4 Å². The lowest BCUT2D eigenvalue weighted by Crippen LogP contribution is -2.52. The number of hydrogen-bond donors (Lipinski definition) is 5. The van der Waals surface area contributed by atoms with Crippen LogP contribution in [-0.4, -0.2) is 102 Å². The lowest BCUT2D eigenvalue weighted by molar-refractivity contribution is -0.142. The van der Waals surface area contributed by atoms with Gasteiger partial charge >= 0.3 is 12.1 Å². The molecule has 21 heteroatoms. The van der Waals surface area contributed by atoms with Gasteiger partial charge in [0.25, 0.3) is 10.0 Å². The van der Waals surface area contributed by atoms with Gasteiger partial charge in [-0.2, -0.15) is 18.3 Å². The average molecular weight is 799 g/mol. The number of nitrogens with zero attached hydrogens (tertiary/aromatic N) is 4. The van der Waals surface area contributed by atoms with E-state index in [0.717, 1.165) is 35.6 Å². The van der Waals surface area contributed by atoms with Crippen molar-refractivity contribution < 1.29 is 60.4 Å². The molecule has 3 unspecified atom stereocenters. The van der Waals surface area contributed by atoms with Crippen molar-refractivity contribution in [3.8, 4) is 11.5 Å². The second-order valence-corrected chi connectivity index (χ2v) is 15.0. The first-order valence-electron chi connectivity index (χ1n) is 16.1. The quantitative estimate of drug-likeness (QED) is 0.0977. The monoisotopic (exact) mass is 798 g/mol. The minimum atomic E-state index is -4.59. The molecule has 5 rings (SSSR count). The first-order chi connectivity index (χ1) is 25.5. The Balaban J connectivity index is 1.29. The summed E-state index contributed by atoms with van der Waals surface area (Å²) in [6, 6.07) is 11.6. The maximum absolute atomic E-state index is 13.8. The fourth-order valence-electron chi connectivity index (χ4n) is 5.20. The number of primary sulfonamides is 1. The molecule has 0 saturated carbocycles. The van der Waals surface area contributed by atoms with Crippen LogP contribution in [0.3, 0.4) is 0 Å². The van der Waals surface area contributed by atoms with Gasteiger partial charge in [0.15, 0.2) is 0 Å². The number of aliphatic hydroxyl groups is 2. The van der Waals surface area contributed by atoms with E-state index in [0.29, 0.717) is 21.5 Å². The van der Waals surface area contributed by atoms with E-state index in [2.05, 4.69) is 20.6 Å². The summed E-state index contributed by atoms with van der Waals surface area (Å²) in [7, 11) is -4.00. The molecule has 1 amide bonds. The number of nitrogens with two attached hydrogens (primary N) is 1. The van der Waals surface area contributed by atoms with E-state index in [4.69, 9.17) is 14.6 Å². The summed E-state index contributed by atoms with van der Waals surface area (Å²) in [6.45, 7) is -1.50. The third kappa shape index (κ3) is 10.6. The smallest absolute Gasteiger partial charge is 0.416 e. The van der Waals surface area contributed by atoms with Crippen molar-refractivity contribution in [1.29, 1.82) is 0 Å². The largest absolute Gasteiger partial charge is 0.491 e. The number of ether oxygens (including phenoxy) is 2. The molecule has 0 aliphatic carbocycles. The van der Waals surface area contributed by atoms with Gasteiger partial charge in [-0.3, -0.25) is 9.80 Å². The number of thiazole rings is 1. The lowest BCUT2D eigenvalue weighted by atomic mass is 10.0. The van der Waals surface area contributed by atoms with E-state index in [1.165, 1.54) is 17.1 Å². The van der Waals surface area contributed by atoms with Gasteiger partial charge in [-0.15, -0.1) is 11.3 Å². The Labute approximate surface area is 309 Å². The van der Waals surface area contributed by atoms with Crippen LogP contribution in [0.2, 0.25) is 0 Å². The molecule has 3 aromatic carbocycles. The van der Waals surface area contributed by atoms with Gasteiger partial charge in [-0.05, 0) is 53.6 Å². The van der Waals surface area contributed by atoms with Crippen molar-refractivity contribution in [2.75, 3.05) is 26.4 Å². The van der Waals surface area contributed by atoms with Crippen LogP contribution >= 0.6 is 11.3 Å². The Hall–Kier alpha value is -4.96. The number of rotatable bonds is 17. The molecule has 0 fully saturated rings. The van der Waals surface area contributed by atoms with Gasteiger partial charge in [0.2, 0.25) is 10.2 Å². The number of fused-ring (bicyclic) bond motifs is 1. The Kier molecular flexibility index (Phi) is 12.7. The van der Waals surface area contributed by atoms with Crippen molar-refractivity contribution in [2.45, 2.75) is 53.7 Å². The highest BCUT2D eigenvalue weighted by atomic mass is 32.2. The van der Waals surface area contributed by atoms with Crippen LogP contribution < -0.4 is 19.9 Å². The molecule has 0 saturated heterocycles. The van der Waals surface area contributed by atoms with Gasteiger partial charge in [-0.25, -0.2) is 27.7 Å². The van der Waals surface area contributed by atoms with Crippen molar-refractivity contribution in [1.82, 2.24) is 15.3 Å². The topological polar surface area (TPSA) is 226 Å². The average Bonchev–Trinajstić information content (AvgIpc) is 3.79. The molecule has 1 aliphatic rings. The molecule has 1 aromatic heterocycles. The Morgan fingerprint density at radius 2 is 1.63 bits per heavy atom. The second-order valence-electron chi connectivity index (χ2n) is 12.2. The molecule has 0 bridgehead atoms.